The lowest BCUT2D eigenvalue weighted by atomic mass is 10.0. The molecule has 1 aromatic heterocycles. The lowest BCUT2D eigenvalue weighted by molar-refractivity contribution is -0.138. The van der Waals surface area contributed by atoms with E-state index >= 15 is 0 Å². The number of aromatic nitrogens is 1. The number of benzene rings is 1. The first-order valence-electron chi connectivity index (χ1n) is 8.43. The van der Waals surface area contributed by atoms with Crippen LogP contribution in [0.15, 0.2) is 36.7 Å². The Hall–Kier alpha value is -1.62. The first-order chi connectivity index (χ1) is 11.3. The molecule has 0 aliphatic carbocycles. The second-order valence-corrected chi connectivity index (χ2v) is 6.64. The van der Waals surface area contributed by atoms with Crippen LogP contribution in [0.3, 0.4) is 0 Å². The van der Waals surface area contributed by atoms with E-state index in [4.69, 9.17) is 0 Å². The SMILES string of the molecule is CC1CCCN(CCC(F)(F)F)C1.Cc1ccc2cnccc2c1. The fraction of sp³-hybridized carbons (Fsp3) is 0.526. The summed E-state index contributed by atoms with van der Waals surface area (Å²) in [5, 5.41) is 2.47. The van der Waals surface area contributed by atoms with Gasteiger partial charge in [-0.1, -0.05) is 30.7 Å². The summed E-state index contributed by atoms with van der Waals surface area (Å²) in [4.78, 5) is 5.96. The second kappa shape index (κ2) is 8.47. The van der Waals surface area contributed by atoms with Gasteiger partial charge in [-0.25, -0.2) is 0 Å². The molecular formula is C19H25F3N2. The molecular weight excluding hydrogens is 313 g/mol. The van der Waals surface area contributed by atoms with Crippen LogP contribution >= 0.6 is 0 Å². The van der Waals surface area contributed by atoms with Gasteiger partial charge >= 0.3 is 6.18 Å². The summed E-state index contributed by atoms with van der Waals surface area (Å²) in [5.74, 6) is 0.557. The molecule has 0 spiro atoms. The minimum Gasteiger partial charge on any atom is -0.303 e. The summed E-state index contributed by atoms with van der Waals surface area (Å²) in [5.41, 5.74) is 1.30. The molecule has 24 heavy (non-hydrogen) atoms. The number of likely N-dealkylation sites (tertiary alicyclic amines) is 1. The maximum absolute atomic E-state index is 11.9. The highest BCUT2D eigenvalue weighted by molar-refractivity contribution is 5.81. The zero-order chi connectivity index (χ0) is 17.6. The average molecular weight is 338 g/mol. The summed E-state index contributed by atoms with van der Waals surface area (Å²) < 4.78 is 35.6. The molecule has 2 nitrogen and oxygen atoms in total. The van der Waals surface area contributed by atoms with Crippen LogP contribution in [0.4, 0.5) is 13.2 Å². The third kappa shape index (κ3) is 6.48. The number of aryl methyl sites for hydroxylation is 1. The Bertz CT molecular complexity index is 640. The fourth-order valence-corrected chi connectivity index (χ4v) is 2.98. The molecule has 1 aliphatic rings. The molecule has 132 valence electrons. The molecule has 2 heterocycles. The number of halogens is 3. The van der Waals surface area contributed by atoms with Gasteiger partial charge in [-0.3, -0.25) is 4.98 Å². The van der Waals surface area contributed by atoms with Crippen molar-refractivity contribution in [3.05, 3.63) is 42.2 Å². The van der Waals surface area contributed by atoms with Gasteiger partial charge in [0.2, 0.25) is 0 Å². The predicted molar refractivity (Wildman–Crippen MR) is 92.0 cm³/mol. The van der Waals surface area contributed by atoms with Crippen molar-refractivity contribution in [3.63, 3.8) is 0 Å². The third-order valence-electron chi connectivity index (χ3n) is 4.25. The molecule has 5 heteroatoms. The zero-order valence-electron chi connectivity index (χ0n) is 14.3. The van der Waals surface area contributed by atoms with Crippen molar-refractivity contribution >= 4 is 10.8 Å². The smallest absolute Gasteiger partial charge is 0.303 e. The summed E-state index contributed by atoms with van der Waals surface area (Å²) in [6.45, 7) is 6.03. The molecule has 1 saturated heterocycles. The van der Waals surface area contributed by atoms with E-state index in [0.29, 0.717) is 5.92 Å². The second-order valence-electron chi connectivity index (χ2n) is 6.64. The summed E-state index contributed by atoms with van der Waals surface area (Å²) in [6, 6.07) is 8.39. The largest absolute Gasteiger partial charge is 0.390 e. The maximum Gasteiger partial charge on any atom is 0.390 e. The summed E-state index contributed by atoms with van der Waals surface area (Å²) in [6.07, 6.45) is 1.23. The standard InChI is InChI=1S/C10H9N.C9H16F3N/c1-8-2-3-10-7-11-5-4-9(10)6-8;1-8-3-2-5-13(7-8)6-4-9(10,11)12/h2-7H,1H3;8H,2-7H2,1H3. The van der Waals surface area contributed by atoms with E-state index < -0.39 is 12.6 Å². The van der Waals surface area contributed by atoms with Crippen LogP contribution in [-0.2, 0) is 0 Å². The van der Waals surface area contributed by atoms with Crippen molar-refractivity contribution in [2.45, 2.75) is 39.3 Å². The third-order valence-corrected chi connectivity index (χ3v) is 4.25. The maximum atomic E-state index is 11.9. The van der Waals surface area contributed by atoms with Crippen LogP contribution in [0.2, 0.25) is 0 Å². The number of fused-ring (bicyclic) bond motifs is 1. The first kappa shape index (κ1) is 18.7. The van der Waals surface area contributed by atoms with E-state index in [1.54, 1.807) is 0 Å². The Morgan fingerprint density at radius 1 is 1.21 bits per heavy atom. The Morgan fingerprint density at radius 2 is 2.00 bits per heavy atom. The van der Waals surface area contributed by atoms with Gasteiger partial charge in [0.1, 0.15) is 0 Å². The van der Waals surface area contributed by atoms with Gasteiger partial charge in [-0.15, -0.1) is 0 Å². The van der Waals surface area contributed by atoms with E-state index in [1.165, 1.54) is 16.3 Å². The molecule has 1 aliphatic heterocycles. The lowest BCUT2D eigenvalue weighted by Crippen LogP contribution is -2.36. The van der Waals surface area contributed by atoms with Gasteiger partial charge in [-0.05, 0) is 43.7 Å². The van der Waals surface area contributed by atoms with Crippen LogP contribution in [0, 0.1) is 12.8 Å². The predicted octanol–water partition coefficient (Wildman–Crippen LogP) is 5.21. The summed E-state index contributed by atoms with van der Waals surface area (Å²) in [7, 11) is 0. The van der Waals surface area contributed by atoms with Crippen molar-refractivity contribution < 1.29 is 13.2 Å². The van der Waals surface area contributed by atoms with Crippen LogP contribution < -0.4 is 0 Å². The molecule has 0 saturated carbocycles. The summed E-state index contributed by atoms with van der Waals surface area (Å²) >= 11 is 0. The van der Waals surface area contributed by atoms with Gasteiger partial charge in [0, 0.05) is 30.9 Å². The normalized spacial score (nSPS) is 19.0. The lowest BCUT2D eigenvalue weighted by Gasteiger charge is -2.30. The monoisotopic (exact) mass is 338 g/mol. The fourth-order valence-electron chi connectivity index (χ4n) is 2.98. The molecule has 3 rings (SSSR count). The van der Waals surface area contributed by atoms with Crippen LogP contribution in [-0.4, -0.2) is 35.7 Å². The van der Waals surface area contributed by atoms with Crippen molar-refractivity contribution in [1.29, 1.82) is 0 Å². The number of hydrogen-bond donors (Lipinski definition) is 0. The Labute approximate surface area is 141 Å². The van der Waals surface area contributed by atoms with Crippen molar-refractivity contribution in [3.8, 4) is 0 Å². The molecule has 1 aromatic carbocycles. The number of hydrogen-bond acceptors (Lipinski definition) is 2. The highest BCUT2D eigenvalue weighted by Gasteiger charge is 2.28. The van der Waals surface area contributed by atoms with Gasteiger partial charge in [0.25, 0.3) is 0 Å². The molecule has 0 N–H and O–H groups in total. The molecule has 2 aromatic rings. The van der Waals surface area contributed by atoms with E-state index in [2.05, 4.69) is 37.0 Å². The van der Waals surface area contributed by atoms with E-state index in [1.807, 2.05) is 23.4 Å². The number of piperidine rings is 1. The molecule has 1 unspecified atom stereocenters. The number of nitrogens with zero attached hydrogens (tertiary/aromatic N) is 2. The highest BCUT2D eigenvalue weighted by Crippen LogP contribution is 2.22. The van der Waals surface area contributed by atoms with Crippen LogP contribution in [0.1, 0.15) is 31.7 Å². The Morgan fingerprint density at radius 3 is 2.71 bits per heavy atom. The van der Waals surface area contributed by atoms with Gasteiger partial charge in [-0.2, -0.15) is 13.2 Å². The van der Waals surface area contributed by atoms with Gasteiger partial charge in [0.15, 0.2) is 0 Å². The molecule has 0 amide bonds. The zero-order valence-corrected chi connectivity index (χ0v) is 14.3. The van der Waals surface area contributed by atoms with Crippen molar-refractivity contribution in [2.24, 2.45) is 5.92 Å². The molecule has 0 radical (unpaired) electrons. The van der Waals surface area contributed by atoms with E-state index in [9.17, 15) is 13.2 Å². The molecule has 0 bridgehead atoms. The van der Waals surface area contributed by atoms with E-state index in [-0.39, 0.29) is 6.54 Å². The van der Waals surface area contributed by atoms with Crippen molar-refractivity contribution in [1.82, 2.24) is 9.88 Å². The quantitative estimate of drug-likeness (QED) is 0.747. The number of rotatable bonds is 2. The highest BCUT2D eigenvalue weighted by atomic mass is 19.4. The minimum absolute atomic E-state index is 0.174. The van der Waals surface area contributed by atoms with Gasteiger partial charge in [0.05, 0.1) is 6.42 Å². The minimum atomic E-state index is -4.00. The Balaban J connectivity index is 0.000000175. The number of alkyl halides is 3. The van der Waals surface area contributed by atoms with Crippen LogP contribution in [0.5, 0.6) is 0 Å². The van der Waals surface area contributed by atoms with Crippen LogP contribution in [0.25, 0.3) is 10.8 Å². The molecule has 1 atom stereocenters. The number of pyridine rings is 1. The van der Waals surface area contributed by atoms with Crippen molar-refractivity contribution in [2.75, 3.05) is 19.6 Å². The van der Waals surface area contributed by atoms with E-state index in [0.717, 1.165) is 25.9 Å². The topological polar surface area (TPSA) is 16.1 Å². The Kier molecular flexibility index (Phi) is 6.60. The van der Waals surface area contributed by atoms with Gasteiger partial charge < -0.3 is 4.90 Å². The first-order valence-corrected chi connectivity index (χ1v) is 8.43. The molecule has 1 fully saturated rings. The average Bonchev–Trinajstić information content (AvgIpc) is 2.53.